The highest BCUT2D eigenvalue weighted by molar-refractivity contribution is 5.73. The minimum absolute atomic E-state index is 0.267. The molecule has 0 bridgehead atoms. The van der Waals surface area contributed by atoms with Gasteiger partial charge in [-0.25, -0.2) is 4.79 Å². The number of carbonyl (C=O) groups is 2. The van der Waals surface area contributed by atoms with Crippen LogP contribution in [-0.4, -0.2) is 46.9 Å². The minimum atomic E-state index is -4.53. The molecule has 1 saturated heterocycles. The summed E-state index contributed by atoms with van der Waals surface area (Å²) in [6.07, 6.45) is -5.97. The van der Waals surface area contributed by atoms with Crippen LogP contribution in [0.25, 0.3) is 0 Å². The topological polar surface area (TPSA) is 66.8 Å². The highest BCUT2D eigenvalue weighted by Gasteiger charge is 2.47. The number of nitrogens with zero attached hydrogens (tertiary/aromatic N) is 1. The van der Waals surface area contributed by atoms with Crippen LogP contribution in [0.3, 0.4) is 0 Å². The van der Waals surface area contributed by atoms with E-state index in [1.807, 2.05) is 0 Å². The Balaban J connectivity index is 2.85. The molecule has 1 heterocycles. The zero-order valence-corrected chi connectivity index (χ0v) is 11.5. The molecule has 0 aromatic rings. The molecular formula is C12H18F3NO4. The molecule has 1 N–H and O–H groups in total. The second kappa shape index (κ2) is 5.49. The second-order valence-corrected chi connectivity index (χ2v) is 5.89. The maximum Gasteiger partial charge on any atom is 0.410 e. The largest absolute Gasteiger partial charge is 0.481 e. The normalized spacial score (nSPS) is 24.4. The molecule has 0 saturated carbocycles. The highest BCUT2D eigenvalue weighted by atomic mass is 19.4. The van der Waals surface area contributed by atoms with Crippen LogP contribution in [0.2, 0.25) is 0 Å². The third kappa shape index (κ3) is 4.57. The Morgan fingerprint density at radius 1 is 1.20 bits per heavy atom. The van der Waals surface area contributed by atoms with E-state index in [0.29, 0.717) is 0 Å². The number of hydrogen-bond acceptors (Lipinski definition) is 3. The van der Waals surface area contributed by atoms with E-state index in [0.717, 1.165) is 4.90 Å². The summed E-state index contributed by atoms with van der Waals surface area (Å²) >= 11 is 0. The van der Waals surface area contributed by atoms with Crippen molar-refractivity contribution >= 4 is 12.1 Å². The van der Waals surface area contributed by atoms with Gasteiger partial charge in [0.25, 0.3) is 0 Å². The van der Waals surface area contributed by atoms with Gasteiger partial charge in [0.05, 0.1) is 11.8 Å². The van der Waals surface area contributed by atoms with Gasteiger partial charge < -0.3 is 14.7 Å². The number of carboxylic acid groups (broad SMARTS) is 1. The molecule has 0 aromatic heterocycles. The van der Waals surface area contributed by atoms with Crippen molar-refractivity contribution in [2.75, 3.05) is 13.1 Å². The average molecular weight is 297 g/mol. The van der Waals surface area contributed by atoms with Gasteiger partial charge in [-0.15, -0.1) is 0 Å². The fourth-order valence-corrected chi connectivity index (χ4v) is 1.99. The van der Waals surface area contributed by atoms with Crippen LogP contribution >= 0.6 is 0 Å². The molecule has 0 aromatic carbocycles. The van der Waals surface area contributed by atoms with Gasteiger partial charge in [0, 0.05) is 13.1 Å². The van der Waals surface area contributed by atoms with Crippen molar-refractivity contribution in [2.45, 2.75) is 39.0 Å². The lowest BCUT2D eigenvalue weighted by Gasteiger charge is -2.37. The van der Waals surface area contributed by atoms with Gasteiger partial charge in [0.1, 0.15) is 5.60 Å². The molecule has 116 valence electrons. The molecular weight excluding hydrogens is 279 g/mol. The monoisotopic (exact) mass is 297 g/mol. The predicted molar refractivity (Wildman–Crippen MR) is 63.1 cm³/mol. The molecule has 0 spiro atoms. The van der Waals surface area contributed by atoms with Gasteiger partial charge in [-0.3, -0.25) is 4.79 Å². The SMILES string of the molecule is CC(C)(C)OC(=O)N1C[C@H](C(=O)O)C[C@H](C(F)(F)F)C1. The van der Waals surface area contributed by atoms with Crippen molar-refractivity contribution in [3.63, 3.8) is 0 Å². The number of aliphatic carboxylic acids is 1. The smallest absolute Gasteiger partial charge is 0.410 e. The summed E-state index contributed by atoms with van der Waals surface area (Å²) in [5.41, 5.74) is -0.846. The Hall–Kier alpha value is -1.47. The third-order valence-corrected chi connectivity index (χ3v) is 2.91. The fourth-order valence-electron chi connectivity index (χ4n) is 1.99. The summed E-state index contributed by atoms with van der Waals surface area (Å²) in [5.74, 6) is -4.42. The highest BCUT2D eigenvalue weighted by Crippen LogP contribution is 2.35. The molecule has 2 atom stereocenters. The van der Waals surface area contributed by atoms with E-state index in [9.17, 15) is 22.8 Å². The van der Waals surface area contributed by atoms with Crippen LogP contribution in [0.5, 0.6) is 0 Å². The summed E-state index contributed by atoms with van der Waals surface area (Å²) in [4.78, 5) is 23.6. The number of rotatable bonds is 1. The number of likely N-dealkylation sites (tertiary alicyclic amines) is 1. The summed E-state index contributed by atoms with van der Waals surface area (Å²) in [7, 11) is 0. The van der Waals surface area contributed by atoms with E-state index in [1.165, 1.54) is 0 Å². The molecule has 1 aliphatic rings. The lowest BCUT2D eigenvalue weighted by molar-refractivity contribution is -0.192. The fraction of sp³-hybridized carbons (Fsp3) is 0.833. The average Bonchev–Trinajstić information content (AvgIpc) is 2.24. The molecule has 0 unspecified atom stereocenters. The molecule has 1 rings (SSSR count). The van der Waals surface area contributed by atoms with Crippen molar-refractivity contribution in [2.24, 2.45) is 11.8 Å². The van der Waals surface area contributed by atoms with Crippen LogP contribution in [0, 0.1) is 11.8 Å². The second-order valence-electron chi connectivity index (χ2n) is 5.89. The first-order valence-electron chi connectivity index (χ1n) is 6.17. The summed E-state index contributed by atoms with van der Waals surface area (Å²) in [6, 6.07) is 0. The van der Waals surface area contributed by atoms with E-state index < -0.39 is 48.6 Å². The van der Waals surface area contributed by atoms with Crippen molar-refractivity contribution in [3.05, 3.63) is 0 Å². The Labute approximate surface area is 114 Å². The van der Waals surface area contributed by atoms with Crippen molar-refractivity contribution in [3.8, 4) is 0 Å². The number of carboxylic acids is 1. The van der Waals surface area contributed by atoms with Crippen LogP contribution in [0.4, 0.5) is 18.0 Å². The van der Waals surface area contributed by atoms with Crippen LogP contribution in [0.15, 0.2) is 0 Å². The Kier molecular flexibility index (Phi) is 4.55. The van der Waals surface area contributed by atoms with Crippen LogP contribution in [0.1, 0.15) is 27.2 Å². The van der Waals surface area contributed by atoms with Gasteiger partial charge >= 0.3 is 18.2 Å². The number of ether oxygens (including phenoxy) is 1. The Morgan fingerprint density at radius 3 is 2.15 bits per heavy atom. The standard InChI is InChI=1S/C12H18F3NO4/c1-11(2,3)20-10(19)16-5-7(9(17)18)4-8(6-16)12(13,14)15/h7-8H,4-6H2,1-3H3,(H,17,18)/t7-,8+/m1/s1. The van der Waals surface area contributed by atoms with E-state index in [2.05, 4.69) is 0 Å². The van der Waals surface area contributed by atoms with Gasteiger partial charge in [-0.2, -0.15) is 13.2 Å². The summed E-state index contributed by atoms with van der Waals surface area (Å²) < 4.78 is 43.3. The number of halogens is 3. The lowest BCUT2D eigenvalue weighted by atomic mass is 9.89. The molecule has 1 aliphatic heterocycles. The zero-order valence-electron chi connectivity index (χ0n) is 11.5. The molecule has 5 nitrogen and oxygen atoms in total. The first kappa shape index (κ1) is 16.6. The number of hydrogen-bond donors (Lipinski definition) is 1. The first-order valence-corrected chi connectivity index (χ1v) is 6.17. The first-order chi connectivity index (χ1) is 8.90. The number of amides is 1. The van der Waals surface area contributed by atoms with Gasteiger partial charge in [-0.1, -0.05) is 0 Å². The van der Waals surface area contributed by atoms with Crippen LogP contribution in [-0.2, 0) is 9.53 Å². The summed E-state index contributed by atoms with van der Waals surface area (Å²) in [6.45, 7) is 3.93. The molecule has 8 heteroatoms. The van der Waals surface area contributed by atoms with Crippen molar-refractivity contribution in [1.82, 2.24) is 4.90 Å². The van der Waals surface area contributed by atoms with Crippen molar-refractivity contribution < 1.29 is 32.6 Å². The number of carbonyl (C=O) groups excluding carboxylic acids is 1. The number of piperidine rings is 1. The third-order valence-electron chi connectivity index (χ3n) is 2.91. The quantitative estimate of drug-likeness (QED) is 0.807. The van der Waals surface area contributed by atoms with E-state index in [4.69, 9.17) is 9.84 Å². The van der Waals surface area contributed by atoms with Crippen molar-refractivity contribution in [1.29, 1.82) is 0 Å². The van der Waals surface area contributed by atoms with E-state index in [1.54, 1.807) is 20.8 Å². The van der Waals surface area contributed by atoms with Crippen LogP contribution < -0.4 is 0 Å². The molecule has 20 heavy (non-hydrogen) atoms. The minimum Gasteiger partial charge on any atom is -0.481 e. The van der Waals surface area contributed by atoms with Gasteiger partial charge in [0.15, 0.2) is 0 Å². The molecule has 0 aliphatic carbocycles. The van der Waals surface area contributed by atoms with E-state index in [-0.39, 0.29) is 6.54 Å². The van der Waals surface area contributed by atoms with E-state index >= 15 is 0 Å². The zero-order chi connectivity index (χ0) is 15.7. The summed E-state index contributed by atoms with van der Waals surface area (Å²) in [5, 5.41) is 8.91. The predicted octanol–water partition coefficient (Wildman–Crippen LogP) is 2.51. The maximum atomic E-state index is 12.8. The Morgan fingerprint density at radius 2 is 1.75 bits per heavy atom. The van der Waals surface area contributed by atoms with Gasteiger partial charge in [-0.05, 0) is 27.2 Å². The molecule has 0 radical (unpaired) electrons. The molecule has 1 fully saturated rings. The number of alkyl halides is 3. The maximum absolute atomic E-state index is 12.8. The molecule has 1 amide bonds. The van der Waals surface area contributed by atoms with Gasteiger partial charge in [0.2, 0.25) is 0 Å². The lowest BCUT2D eigenvalue weighted by Crippen LogP contribution is -2.51. The Bertz CT molecular complexity index is 389.